The molecule has 0 spiro atoms. The molecule has 0 radical (unpaired) electrons. The van der Waals surface area contributed by atoms with Gasteiger partial charge in [-0.15, -0.1) is 10.2 Å². The van der Waals surface area contributed by atoms with E-state index in [4.69, 9.17) is 4.52 Å². The van der Waals surface area contributed by atoms with Crippen molar-refractivity contribution in [3.63, 3.8) is 0 Å². The molecule has 3 heterocycles. The summed E-state index contributed by atoms with van der Waals surface area (Å²) >= 11 is 0. The second-order valence-electron chi connectivity index (χ2n) is 5.97. The van der Waals surface area contributed by atoms with Crippen molar-refractivity contribution >= 4 is 11.6 Å². The molecule has 24 heavy (non-hydrogen) atoms. The normalized spacial score (nSPS) is 14.7. The Hall–Kier alpha value is -2.77. The molecule has 124 valence electrons. The summed E-state index contributed by atoms with van der Waals surface area (Å²) in [7, 11) is 0. The van der Waals surface area contributed by atoms with Crippen LogP contribution in [0.4, 0.5) is 0 Å². The first-order valence-corrected chi connectivity index (χ1v) is 8.19. The van der Waals surface area contributed by atoms with E-state index in [1.54, 1.807) is 0 Å². The van der Waals surface area contributed by atoms with Gasteiger partial charge in [0.25, 0.3) is 5.89 Å². The molecule has 3 aromatic rings. The third-order valence-corrected chi connectivity index (χ3v) is 4.41. The van der Waals surface area contributed by atoms with Crippen LogP contribution in [0.5, 0.6) is 0 Å². The highest BCUT2D eigenvalue weighted by Gasteiger charge is 2.25. The number of fused-ring (bicyclic) bond motifs is 1. The molecule has 0 saturated heterocycles. The Morgan fingerprint density at radius 1 is 1.42 bits per heavy atom. The number of amides is 1. The summed E-state index contributed by atoms with van der Waals surface area (Å²) in [6, 6.07) is 3.72. The summed E-state index contributed by atoms with van der Waals surface area (Å²) in [6.07, 6.45) is 5.69. The Labute approximate surface area is 138 Å². The van der Waals surface area contributed by atoms with E-state index in [0.717, 1.165) is 31.2 Å². The Kier molecular flexibility index (Phi) is 3.72. The van der Waals surface area contributed by atoms with Crippen LogP contribution >= 0.6 is 0 Å². The molecule has 1 aliphatic carbocycles. The Balaban J connectivity index is 1.53. The largest absolute Gasteiger partial charge is 0.349 e. The zero-order chi connectivity index (χ0) is 16.5. The molecule has 1 fully saturated rings. The number of carbonyl (C=O) groups is 1. The minimum absolute atomic E-state index is 0.104. The third kappa shape index (κ3) is 2.64. The highest BCUT2D eigenvalue weighted by molar-refractivity contribution is 5.79. The van der Waals surface area contributed by atoms with Crippen LogP contribution in [0, 0.1) is 5.92 Å². The summed E-state index contributed by atoms with van der Waals surface area (Å²) in [5.74, 6) is 2.11. The molecule has 1 aliphatic rings. The third-order valence-electron chi connectivity index (χ3n) is 4.41. The van der Waals surface area contributed by atoms with Gasteiger partial charge < -0.3 is 9.84 Å². The van der Waals surface area contributed by atoms with E-state index in [2.05, 4.69) is 25.7 Å². The summed E-state index contributed by atoms with van der Waals surface area (Å²) in [5, 5.41) is 15.2. The molecular weight excluding hydrogens is 308 g/mol. The van der Waals surface area contributed by atoms with Gasteiger partial charge in [0, 0.05) is 24.1 Å². The fraction of sp³-hybridized carbons (Fsp3) is 0.438. The first kappa shape index (κ1) is 14.8. The first-order valence-electron chi connectivity index (χ1n) is 8.19. The van der Waals surface area contributed by atoms with Gasteiger partial charge in [-0.25, -0.2) is 0 Å². The molecule has 4 rings (SSSR count). The van der Waals surface area contributed by atoms with Gasteiger partial charge in [-0.1, -0.05) is 18.5 Å². The standard InChI is InChI=1S/C16H18N6O2/c1-2-12-18-16(24-21-12)11-6-7-22-13(8-11)19-20-14(22)9-17-15(23)10-4-3-5-10/h6-8,10H,2-5,9H2,1H3,(H,17,23). The fourth-order valence-corrected chi connectivity index (χ4v) is 2.69. The fourth-order valence-electron chi connectivity index (χ4n) is 2.69. The minimum Gasteiger partial charge on any atom is -0.349 e. The van der Waals surface area contributed by atoms with Crippen molar-refractivity contribution in [3.05, 3.63) is 30.0 Å². The van der Waals surface area contributed by atoms with Crippen molar-refractivity contribution < 1.29 is 9.32 Å². The lowest BCUT2D eigenvalue weighted by atomic mass is 9.85. The number of nitrogens with zero attached hydrogens (tertiary/aromatic N) is 5. The van der Waals surface area contributed by atoms with Crippen molar-refractivity contribution in [2.45, 2.75) is 39.2 Å². The van der Waals surface area contributed by atoms with E-state index in [0.29, 0.717) is 29.7 Å². The van der Waals surface area contributed by atoms with Crippen molar-refractivity contribution in [3.8, 4) is 11.5 Å². The highest BCUT2D eigenvalue weighted by atomic mass is 16.5. The Morgan fingerprint density at radius 2 is 2.29 bits per heavy atom. The first-order chi connectivity index (χ1) is 11.7. The van der Waals surface area contributed by atoms with Gasteiger partial charge in [0.15, 0.2) is 17.3 Å². The maximum Gasteiger partial charge on any atom is 0.258 e. The lowest BCUT2D eigenvalue weighted by molar-refractivity contribution is -0.127. The van der Waals surface area contributed by atoms with Crippen LogP contribution in [0.3, 0.4) is 0 Å². The Bertz CT molecular complexity index is 880. The van der Waals surface area contributed by atoms with Crippen LogP contribution in [0.25, 0.3) is 17.1 Å². The average Bonchev–Trinajstić information content (AvgIpc) is 3.17. The molecule has 0 aromatic carbocycles. The predicted octanol–water partition coefficient (Wildman–Crippen LogP) is 1.76. The molecule has 0 aliphatic heterocycles. The van der Waals surface area contributed by atoms with Gasteiger partial charge in [-0.2, -0.15) is 4.98 Å². The van der Waals surface area contributed by atoms with Crippen LogP contribution in [-0.4, -0.2) is 30.6 Å². The second kappa shape index (κ2) is 6.03. The molecule has 8 nitrogen and oxygen atoms in total. The highest BCUT2D eigenvalue weighted by Crippen LogP contribution is 2.26. The SMILES string of the molecule is CCc1noc(-c2ccn3c(CNC(=O)C4CCC4)nnc3c2)n1. The van der Waals surface area contributed by atoms with E-state index in [-0.39, 0.29) is 11.8 Å². The van der Waals surface area contributed by atoms with Crippen molar-refractivity contribution in [2.24, 2.45) is 5.92 Å². The number of pyridine rings is 1. The van der Waals surface area contributed by atoms with Gasteiger partial charge in [-0.3, -0.25) is 9.20 Å². The maximum atomic E-state index is 11.9. The van der Waals surface area contributed by atoms with Crippen molar-refractivity contribution in [2.75, 3.05) is 0 Å². The van der Waals surface area contributed by atoms with E-state index >= 15 is 0 Å². The van der Waals surface area contributed by atoms with Gasteiger partial charge >= 0.3 is 0 Å². The Morgan fingerprint density at radius 3 is 3.00 bits per heavy atom. The van der Waals surface area contributed by atoms with Crippen molar-refractivity contribution in [1.29, 1.82) is 0 Å². The molecule has 8 heteroatoms. The van der Waals surface area contributed by atoms with Gasteiger partial charge in [0.1, 0.15) is 0 Å². The summed E-state index contributed by atoms with van der Waals surface area (Å²) < 4.78 is 7.09. The van der Waals surface area contributed by atoms with Gasteiger partial charge in [-0.05, 0) is 25.0 Å². The maximum absolute atomic E-state index is 11.9. The molecule has 3 aromatic heterocycles. The van der Waals surface area contributed by atoms with Crippen LogP contribution in [0.2, 0.25) is 0 Å². The number of hydrogen-bond acceptors (Lipinski definition) is 6. The molecule has 1 N–H and O–H groups in total. The second-order valence-corrected chi connectivity index (χ2v) is 5.97. The number of aryl methyl sites for hydroxylation is 1. The van der Waals surface area contributed by atoms with Crippen LogP contribution in [0.1, 0.15) is 37.8 Å². The van der Waals surface area contributed by atoms with Gasteiger partial charge in [0.05, 0.1) is 6.54 Å². The van der Waals surface area contributed by atoms with E-state index < -0.39 is 0 Å². The molecule has 1 saturated carbocycles. The average molecular weight is 326 g/mol. The van der Waals surface area contributed by atoms with Crippen LogP contribution in [0.15, 0.2) is 22.9 Å². The van der Waals surface area contributed by atoms with E-state index in [9.17, 15) is 4.79 Å². The summed E-state index contributed by atoms with van der Waals surface area (Å²) in [5.41, 5.74) is 1.48. The topological polar surface area (TPSA) is 98.2 Å². The molecule has 1 amide bonds. The molecular formula is C16H18N6O2. The monoisotopic (exact) mass is 326 g/mol. The lowest BCUT2D eigenvalue weighted by Gasteiger charge is -2.23. The zero-order valence-electron chi connectivity index (χ0n) is 13.4. The zero-order valence-corrected chi connectivity index (χ0v) is 13.4. The smallest absolute Gasteiger partial charge is 0.258 e. The summed E-state index contributed by atoms with van der Waals surface area (Å²) in [4.78, 5) is 16.2. The lowest BCUT2D eigenvalue weighted by Crippen LogP contribution is -2.34. The number of rotatable bonds is 5. The molecule has 0 unspecified atom stereocenters. The van der Waals surface area contributed by atoms with E-state index in [1.807, 2.05) is 29.7 Å². The number of nitrogens with one attached hydrogen (secondary N) is 1. The van der Waals surface area contributed by atoms with E-state index in [1.165, 1.54) is 0 Å². The number of carbonyl (C=O) groups excluding carboxylic acids is 1. The molecule has 0 bridgehead atoms. The quantitative estimate of drug-likeness (QED) is 0.767. The summed E-state index contributed by atoms with van der Waals surface area (Å²) in [6.45, 7) is 2.34. The number of hydrogen-bond donors (Lipinski definition) is 1. The molecule has 0 atom stereocenters. The predicted molar refractivity (Wildman–Crippen MR) is 84.8 cm³/mol. The number of aromatic nitrogens is 5. The van der Waals surface area contributed by atoms with Crippen LogP contribution < -0.4 is 5.32 Å². The van der Waals surface area contributed by atoms with Crippen molar-refractivity contribution in [1.82, 2.24) is 30.1 Å². The van der Waals surface area contributed by atoms with Gasteiger partial charge in [0.2, 0.25) is 5.91 Å². The van der Waals surface area contributed by atoms with Crippen LogP contribution in [-0.2, 0) is 17.8 Å². The minimum atomic E-state index is 0.104.